The summed E-state index contributed by atoms with van der Waals surface area (Å²) in [6.45, 7) is 2.04. The molecule has 1 atom stereocenters. The van der Waals surface area contributed by atoms with Crippen molar-refractivity contribution < 1.29 is 9.59 Å². The largest absolute Gasteiger partial charge is 0.369 e. The van der Waals surface area contributed by atoms with Crippen LogP contribution in [-0.4, -0.2) is 23.6 Å². The second-order valence-electron chi connectivity index (χ2n) is 4.55. The Hall–Kier alpha value is -1.53. The zero-order valence-electron chi connectivity index (χ0n) is 11.6. The highest BCUT2D eigenvalue weighted by molar-refractivity contribution is 8.00. The van der Waals surface area contributed by atoms with E-state index in [4.69, 9.17) is 11.5 Å². The van der Waals surface area contributed by atoms with Gasteiger partial charge in [0.1, 0.15) is 0 Å². The number of nitrogens with two attached hydrogens (primary N) is 2. The zero-order chi connectivity index (χ0) is 15.0. The van der Waals surface area contributed by atoms with Crippen molar-refractivity contribution in [3.05, 3.63) is 24.3 Å². The molecule has 5 N–H and O–H groups in total. The Morgan fingerprint density at radius 3 is 2.70 bits per heavy atom. The lowest BCUT2D eigenvalue weighted by molar-refractivity contribution is -0.117. The maximum Gasteiger partial charge on any atom is 0.227 e. The highest BCUT2D eigenvalue weighted by atomic mass is 32.2. The number of amides is 2. The minimum Gasteiger partial charge on any atom is -0.369 e. The highest BCUT2D eigenvalue weighted by Gasteiger charge is 2.11. The van der Waals surface area contributed by atoms with Crippen molar-refractivity contribution >= 4 is 29.3 Å². The van der Waals surface area contributed by atoms with E-state index in [-0.39, 0.29) is 23.6 Å². The number of primary amides is 1. The summed E-state index contributed by atoms with van der Waals surface area (Å²) >= 11 is 1.31. The van der Waals surface area contributed by atoms with Crippen molar-refractivity contribution in [3.63, 3.8) is 0 Å². The Bertz CT molecular complexity index is 465. The third kappa shape index (κ3) is 6.08. The van der Waals surface area contributed by atoms with Gasteiger partial charge in [-0.3, -0.25) is 9.59 Å². The van der Waals surface area contributed by atoms with Gasteiger partial charge in [-0.15, -0.1) is 11.8 Å². The molecule has 1 unspecified atom stereocenters. The van der Waals surface area contributed by atoms with E-state index in [1.165, 1.54) is 11.8 Å². The maximum absolute atomic E-state index is 11.9. The van der Waals surface area contributed by atoms with Crippen LogP contribution in [0.1, 0.15) is 26.2 Å². The molecule has 0 fully saturated rings. The quantitative estimate of drug-likeness (QED) is 0.636. The molecule has 0 heterocycles. The number of para-hydroxylation sites is 1. The first kappa shape index (κ1) is 16.5. The van der Waals surface area contributed by atoms with Crippen molar-refractivity contribution in [3.8, 4) is 0 Å². The average Bonchev–Trinajstić information content (AvgIpc) is 2.37. The summed E-state index contributed by atoms with van der Waals surface area (Å²) in [4.78, 5) is 23.5. The van der Waals surface area contributed by atoms with Gasteiger partial charge >= 0.3 is 0 Å². The predicted octanol–water partition coefficient (Wildman–Crippen LogP) is 1.72. The van der Waals surface area contributed by atoms with Crippen molar-refractivity contribution in [2.24, 2.45) is 11.5 Å². The fourth-order valence-electron chi connectivity index (χ4n) is 1.76. The molecule has 2 amide bonds. The van der Waals surface area contributed by atoms with Crippen LogP contribution in [0, 0.1) is 0 Å². The number of carbonyl (C=O) groups is 2. The van der Waals surface area contributed by atoms with Crippen LogP contribution in [0.5, 0.6) is 0 Å². The van der Waals surface area contributed by atoms with Gasteiger partial charge in [0.05, 0.1) is 11.4 Å². The normalized spacial score (nSPS) is 11.9. The fourth-order valence-corrected chi connectivity index (χ4v) is 2.50. The van der Waals surface area contributed by atoms with Crippen molar-refractivity contribution in [2.75, 3.05) is 11.1 Å². The maximum atomic E-state index is 11.9. The summed E-state index contributed by atoms with van der Waals surface area (Å²) in [7, 11) is 0. The lowest BCUT2D eigenvalue weighted by atomic mass is 10.1. The monoisotopic (exact) mass is 295 g/mol. The summed E-state index contributed by atoms with van der Waals surface area (Å²) < 4.78 is 0. The molecule has 1 aromatic rings. The fraction of sp³-hybridized carbons (Fsp3) is 0.429. The Morgan fingerprint density at radius 2 is 2.05 bits per heavy atom. The van der Waals surface area contributed by atoms with Crippen LogP contribution >= 0.6 is 11.8 Å². The van der Waals surface area contributed by atoms with Crippen molar-refractivity contribution in [1.82, 2.24) is 0 Å². The van der Waals surface area contributed by atoms with Crippen LogP contribution in [0.25, 0.3) is 0 Å². The van der Waals surface area contributed by atoms with Crippen LogP contribution in [-0.2, 0) is 9.59 Å². The van der Waals surface area contributed by atoms with Crippen molar-refractivity contribution in [2.45, 2.75) is 37.1 Å². The lowest BCUT2D eigenvalue weighted by Gasteiger charge is -2.13. The molecule has 0 bridgehead atoms. The van der Waals surface area contributed by atoms with E-state index in [1.807, 2.05) is 25.1 Å². The SMILES string of the molecule is CCCC(N)CC(=O)Nc1ccccc1SCC(N)=O. The highest BCUT2D eigenvalue weighted by Crippen LogP contribution is 2.26. The second-order valence-corrected chi connectivity index (χ2v) is 5.57. The minimum atomic E-state index is -0.388. The number of thioether (sulfide) groups is 1. The number of anilines is 1. The third-order valence-corrected chi connectivity index (χ3v) is 3.73. The first-order chi connectivity index (χ1) is 9.52. The molecule has 0 aliphatic carbocycles. The van der Waals surface area contributed by atoms with Crippen LogP contribution in [0.3, 0.4) is 0 Å². The van der Waals surface area contributed by atoms with Crippen LogP contribution < -0.4 is 16.8 Å². The molecule has 1 rings (SSSR count). The second kappa shape index (κ2) is 8.60. The standard InChI is InChI=1S/C14H21N3O2S/c1-2-5-10(15)8-14(19)17-11-6-3-4-7-12(11)20-9-13(16)18/h3-4,6-7,10H,2,5,8-9,15H2,1H3,(H2,16,18)(H,17,19). The number of rotatable bonds is 8. The van der Waals surface area contributed by atoms with E-state index in [0.717, 1.165) is 17.7 Å². The molecule has 6 heteroatoms. The van der Waals surface area contributed by atoms with E-state index in [0.29, 0.717) is 12.1 Å². The van der Waals surface area contributed by atoms with Gasteiger partial charge in [-0.25, -0.2) is 0 Å². The van der Waals surface area contributed by atoms with Gasteiger partial charge in [0.25, 0.3) is 0 Å². The molecule has 0 saturated heterocycles. The molecule has 0 aliphatic heterocycles. The van der Waals surface area contributed by atoms with Crippen molar-refractivity contribution in [1.29, 1.82) is 0 Å². The third-order valence-electron chi connectivity index (χ3n) is 2.64. The van der Waals surface area contributed by atoms with E-state index in [9.17, 15) is 9.59 Å². The smallest absolute Gasteiger partial charge is 0.227 e. The number of benzene rings is 1. The summed E-state index contributed by atoms with van der Waals surface area (Å²) in [5, 5.41) is 2.83. The minimum absolute atomic E-state index is 0.113. The topological polar surface area (TPSA) is 98.2 Å². The number of carbonyl (C=O) groups excluding carboxylic acids is 2. The van der Waals surface area contributed by atoms with Gasteiger partial charge in [0.15, 0.2) is 0 Å². The molecule has 0 aliphatic rings. The van der Waals surface area contributed by atoms with E-state index in [2.05, 4.69) is 5.32 Å². The first-order valence-electron chi connectivity index (χ1n) is 6.58. The predicted molar refractivity (Wildman–Crippen MR) is 82.5 cm³/mol. The van der Waals surface area contributed by atoms with Crippen LogP contribution in [0.2, 0.25) is 0 Å². The molecule has 5 nitrogen and oxygen atoms in total. The molecule has 0 spiro atoms. The number of hydrogen-bond donors (Lipinski definition) is 3. The van der Waals surface area contributed by atoms with E-state index < -0.39 is 0 Å². The zero-order valence-corrected chi connectivity index (χ0v) is 12.4. The van der Waals surface area contributed by atoms with Gasteiger partial charge in [-0.2, -0.15) is 0 Å². The van der Waals surface area contributed by atoms with Crippen LogP contribution in [0.4, 0.5) is 5.69 Å². The molecule has 20 heavy (non-hydrogen) atoms. The molecular weight excluding hydrogens is 274 g/mol. The first-order valence-corrected chi connectivity index (χ1v) is 7.57. The molecule has 0 aromatic heterocycles. The Labute approximate surface area is 123 Å². The summed E-state index contributed by atoms with van der Waals surface area (Å²) in [5.41, 5.74) is 11.7. The molecule has 0 saturated carbocycles. The van der Waals surface area contributed by atoms with E-state index in [1.54, 1.807) is 6.07 Å². The lowest BCUT2D eigenvalue weighted by Crippen LogP contribution is -2.27. The summed E-state index contributed by atoms with van der Waals surface area (Å²) in [5.74, 6) is -0.318. The van der Waals surface area contributed by atoms with Gasteiger partial charge in [0.2, 0.25) is 11.8 Å². The van der Waals surface area contributed by atoms with Gasteiger partial charge in [-0.1, -0.05) is 25.5 Å². The molecule has 0 radical (unpaired) electrons. The Balaban J connectivity index is 2.62. The number of nitrogens with one attached hydrogen (secondary N) is 1. The Kier molecular flexibility index (Phi) is 7.11. The molecular formula is C14H21N3O2S. The average molecular weight is 295 g/mol. The van der Waals surface area contributed by atoms with Gasteiger partial charge in [0, 0.05) is 17.4 Å². The summed E-state index contributed by atoms with van der Waals surface area (Å²) in [6.07, 6.45) is 2.08. The number of hydrogen-bond acceptors (Lipinski definition) is 4. The van der Waals surface area contributed by atoms with Gasteiger partial charge in [-0.05, 0) is 18.6 Å². The van der Waals surface area contributed by atoms with Gasteiger partial charge < -0.3 is 16.8 Å². The molecule has 1 aromatic carbocycles. The summed E-state index contributed by atoms with van der Waals surface area (Å²) in [6, 6.07) is 7.20. The van der Waals surface area contributed by atoms with Crippen LogP contribution in [0.15, 0.2) is 29.2 Å². The molecule has 110 valence electrons. The van der Waals surface area contributed by atoms with E-state index >= 15 is 0 Å². The Morgan fingerprint density at radius 1 is 1.35 bits per heavy atom.